The molecule has 106 valence electrons. The van der Waals surface area contributed by atoms with E-state index in [1.54, 1.807) is 12.1 Å². The van der Waals surface area contributed by atoms with Gasteiger partial charge in [0.05, 0.1) is 4.88 Å². The number of nitrogens with two attached hydrogens (primary N) is 1. The third-order valence-corrected chi connectivity index (χ3v) is 7.08. The highest BCUT2D eigenvalue weighted by molar-refractivity contribution is 7.91. The quantitative estimate of drug-likeness (QED) is 0.801. The van der Waals surface area contributed by atoms with Crippen molar-refractivity contribution in [3.05, 3.63) is 17.0 Å². The summed E-state index contributed by atoms with van der Waals surface area (Å²) in [7, 11) is -3.45. The number of thiophene rings is 1. The summed E-state index contributed by atoms with van der Waals surface area (Å²) >= 11 is 5.94. The molecule has 19 heavy (non-hydrogen) atoms. The van der Waals surface area contributed by atoms with Crippen LogP contribution >= 0.6 is 23.6 Å². The van der Waals surface area contributed by atoms with E-state index in [1.165, 1.54) is 4.31 Å². The number of hydrogen-bond donors (Lipinski definition) is 2. The van der Waals surface area contributed by atoms with E-state index in [1.807, 2.05) is 0 Å². The van der Waals surface area contributed by atoms with Crippen LogP contribution in [0.2, 0.25) is 0 Å². The van der Waals surface area contributed by atoms with Crippen molar-refractivity contribution in [1.29, 1.82) is 0 Å². The molecular weight excluding hydrogens is 304 g/mol. The zero-order valence-corrected chi connectivity index (χ0v) is 12.7. The summed E-state index contributed by atoms with van der Waals surface area (Å²) in [5.74, 6) is 0.210. The molecule has 3 N–H and O–H groups in total. The Bertz CT molecular complexity index is 559. The standard InChI is InChI=1S/C11H16N2O3S3/c12-11(17)9-1-2-10(18-9)19(15,16)13-5-3-8(7-14)4-6-13/h1-2,8,14H,3-7H2,(H2,12,17). The van der Waals surface area contributed by atoms with Crippen molar-refractivity contribution in [2.75, 3.05) is 19.7 Å². The monoisotopic (exact) mass is 320 g/mol. The van der Waals surface area contributed by atoms with Gasteiger partial charge in [0.25, 0.3) is 10.0 Å². The van der Waals surface area contributed by atoms with E-state index < -0.39 is 10.0 Å². The molecular formula is C11H16N2O3S3. The number of rotatable bonds is 4. The lowest BCUT2D eigenvalue weighted by molar-refractivity contribution is 0.170. The average Bonchev–Trinajstić information content (AvgIpc) is 2.89. The average molecular weight is 320 g/mol. The second-order valence-corrected chi connectivity index (χ2v) is 8.20. The van der Waals surface area contributed by atoms with Crippen LogP contribution in [-0.2, 0) is 10.0 Å². The van der Waals surface area contributed by atoms with Gasteiger partial charge in [0.15, 0.2) is 0 Å². The molecule has 0 aromatic carbocycles. The molecule has 5 nitrogen and oxygen atoms in total. The van der Waals surface area contributed by atoms with E-state index in [0.717, 1.165) is 11.3 Å². The molecule has 0 aliphatic carbocycles. The van der Waals surface area contributed by atoms with E-state index in [0.29, 0.717) is 30.8 Å². The minimum Gasteiger partial charge on any atom is -0.396 e. The maximum atomic E-state index is 12.4. The molecule has 0 spiro atoms. The van der Waals surface area contributed by atoms with Gasteiger partial charge in [-0.3, -0.25) is 0 Å². The van der Waals surface area contributed by atoms with Crippen molar-refractivity contribution < 1.29 is 13.5 Å². The van der Waals surface area contributed by atoms with Gasteiger partial charge in [-0.1, -0.05) is 12.2 Å². The maximum Gasteiger partial charge on any atom is 0.252 e. The number of piperidine rings is 1. The lowest BCUT2D eigenvalue weighted by atomic mass is 10.00. The summed E-state index contributed by atoms with van der Waals surface area (Å²) in [5.41, 5.74) is 5.49. The summed E-state index contributed by atoms with van der Waals surface area (Å²) in [4.78, 5) is 0.823. The minimum atomic E-state index is -3.45. The van der Waals surface area contributed by atoms with E-state index in [2.05, 4.69) is 0 Å². The van der Waals surface area contributed by atoms with Gasteiger partial charge >= 0.3 is 0 Å². The molecule has 1 fully saturated rings. The Morgan fingerprint density at radius 1 is 1.47 bits per heavy atom. The first-order valence-corrected chi connectivity index (χ1v) is 8.62. The van der Waals surface area contributed by atoms with Crippen LogP contribution in [0, 0.1) is 5.92 Å². The Morgan fingerprint density at radius 2 is 2.11 bits per heavy atom. The molecule has 0 bridgehead atoms. The minimum absolute atomic E-state index is 0.123. The smallest absolute Gasteiger partial charge is 0.252 e. The van der Waals surface area contributed by atoms with Gasteiger partial charge in [-0.2, -0.15) is 4.31 Å². The number of aliphatic hydroxyl groups excluding tert-OH is 1. The summed E-state index contributed by atoms with van der Waals surface area (Å²) in [6.45, 7) is 1.03. The van der Waals surface area contributed by atoms with Crippen LogP contribution in [0.1, 0.15) is 17.7 Å². The second-order valence-electron chi connectivity index (χ2n) is 4.51. The molecule has 2 heterocycles. The molecule has 8 heteroatoms. The van der Waals surface area contributed by atoms with Crippen LogP contribution in [0.5, 0.6) is 0 Å². The van der Waals surface area contributed by atoms with E-state index in [-0.39, 0.29) is 21.7 Å². The summed E-state index contributed by atoms with van der Waals surface area (Å²) in [5, 5.41) is 9.07. The van der Waals surface area contributed by atoms with Gasteiger partial charge in [-0.05, 0) is 30.9 Å². The molecule has 0 atom stereocenters. The molecule has 1 aromatic rings. The zero-order valence-electron chi connectivity index (χ0n) is 10.3. The van der Waals surface area contributed by atoms with Gasteiger partial charge in [0.2, 0.25) is 0 Å². The number of aliphatic hydroxyl groups is 1. The highest BCUT2D eigenvalue weighted by Gasteiger charge is 2.30. The van der Waals surface area contributed by atoms with Crippen molar-refractivity contribution in [2.45, 2.75) is 17.1 Å². The SMILES string of the molecule is NC(=S)c1ccc(S(=O)(=O)N2CCC(CO)CC2)s1. The first-order chi connectivity index (χ1) is 8.95. The molecule has 1 aliphatic heterocycles. The normalized spacial score (nSPS) is 18.6. The number of nitrogens with zero attached hydrogens (tertiary/aromatic N) is 1. The van der Waals surface area contributed by atoms with Crippen LogP contribution < -0.4 is 5.73 Å². The highest BCUT2D eigenvalue weighted by atomic mass is 32.2. The van der Waals surface area contributed by atoms with Crippen LogP contribution in [0.4, 0.5) is 0 Å². The van der Waals surface area contributed by atoms with Crippen molar-refractivity contribution in [3.63, 3.8) is 0 Å². The molecule has 2 rings (SSSR count). The predicted octanol–water partition coefficient (Wildman–Crippen LogP) is 0.775. The summed E-state index contributed by atoms with van der Waals surface area (Å²) in [6, 6.07) is 3.19. The second kappa shape index (κ2) is 5.84. The molecule has 0 unspecified atom stereocenters. The Kier molecular flexibility index (Phi) is 4.57. The van der Waals surface area contributed by atoms with Crippen molar-refractivity contribution >= 4 is 38.6 Å². The lowest BCUT2D eigenvalue weighted by Gasteiger charge is -2.29. The molecule has 0 saturated carbocycles. The van der Waals surface area contributed by atoms with Gasteiger partial charge < -0.3 is 10.8 Å². The van der Waals surface area contributed by atoms with Crippen molar-refractivity contribution in [3.8, 4) is 0 Å². The Hall–Kier alpha value is -0.540. The van der Waals surface area contributed by atoms with Gasteiger partial charge in [0.1, 0.15) is 9.20 Å². The van der Waals surface area contributed by atoms with Gasteiger partial charge in [-0.15, -0.1) is 11.3 Å². The predicted molar refractivity (Wildman–Crippen MR) is 78.8 cm³/mol. The molecule has 1 saturated heterocycles. The van der Waals surface area contributed by atoms with Crippen LogP contribution in [-0.4, -0.2) is 42.5 Å². The fourth-order valence-corrected chi connectivity index (χ4v) is 5.03. The Balaban J connectivity index is 2.16. The molecule has 0 amide bonds. The van der Waals surface area contributed by atoms with E-state index in [4.69, 9.17) is 23.1 Å². The van der Waals surface area contributed by atoms with E-state index >= 15 is 0 Å². The molecule has 1 aliphatic rings. The number of sulfonamides is 1. The van der Waals surface area contributed by atoms with Crippen LogP contribution in [0.3, 0.4) is 0 Å². The fourth-order valence-electron chi connectivity index (χ4n) is 2.05. The first-order valence-electron chi connectivity index (χ1n) is 5.96. The van der Waals surface area contributed by atoms with Gasteiger partial charge in [-0.25, -0.2) is 8.42 Å². The van der Waals surface area contributed by atoms with Crippen LogP contribution in [0.25, 0.3) is 0 Å². The maximum absolute atomic E-state index is 12.4. The van der Waals surface area contributed by atoms with Crippen molar-refractivity contribution in [1.82, 2.24) is 4.31 Å². The summed E-state index contributed by atoms with van der Waals surface area (Å²) < 4.78 is 26.6. The third kappa shape index (κ3) is 3.14. The number of thiocarbonyl (C=S) groups is 1. The Morgan fingerprint density at radius 3 is 2.58 bits per heavy atom. The molecule has 1 aromatic heterocycles. The van der Waals surface area contributed by atoms with Crippen molar-refractivity contribution in [2.24, 2.45) is 11.7 Å². The molecule has 0 radical (unpaired) electrons. The highest BCUT2D eigenvalue weighted by Crippen LogP contribution is 2.28. The number of hydrogen-bond acceptors (Lipinski definition) is 5. The van der Waals surface area contributed by atoms with Crippen LogP contribution in [0.15, 0.2) is 16.3 Å². The third-order valence-electron chi connectivity index (χ3n) is 3.25. The largest absolute Gasteiger partial charge is 0.396 e. The summed E-state index contributed by atoms with van der Waals surface area (Å²) in [6.07, 6.45) is 1.40. The first kappa shape index (κ1) is 14.9. The Labute approximate surface area is 122 Å². The lowest BCUT2D eigenvalue weighted by Crippen LogP contribution is -2.38. The zero-order chi connectivity index (χ0) is 14.0. The van der Waals surface area contributed by atoms with E-state index in [9.17, 15) is 8.42 Å². The topological polar surface area (TPSA) is 83.6 Å². The fraction of sp³-hybridized carbons (Fsp3) is 0.545. The van der Waals surface area contributed by atoms with Gasteiger partial charge in [0, 0.05) is 19.7 Å².